The van der Waals surface area contributed by atoms with E-state index in [4.69, 9.17) is 4.74 Å². The zero-order chi connectivity index (χ0) is 24.5. The molecule has 184 valence electrons. The zero-order valence-corrected chi connectivity index (χ0v) is 18.5. The first-order valence-electron chi connectivity index (χ1n) is 11.6. The Hall–Kier alpha value is -2.43. The quantitative estimate of drug-likeness (QED) is 0.312. The average molecular weight is 486 g/mol. The van der Waals surface area contributed by atoms with Gasteiger partial charge in [-0.1, -0.05) is 38.0 Å². The van der Waals surface area contributed by atoms with Crippen molar-refractivity contribution in [2.45, 2.75) is 70.1 Å². The first-order valence-corrected chi connectivity index (χ1v) is 11.6. The molecule has 0 unspecified atom stereocenters. The molecule has 1 nitrogen and oxygen atoms in total. The van der Waals surface area contributed by atoms with E-state index in [2.05, 4.69) is 0 Å². The number of halogens is 7. The summed E-state index contributed by atoms with van der Waals surface area (Å²) in [6.45, 7) is 0. The molecular formula is C26H25F7O. The van der Waals surface area contributed by atoms with Crippen molar-refractivity contribution in [3.05, 3.63) is 41.5 Å². The van der Waals surface area contributed by atoms with E-state index in [1.165, 1.54) is 38.0 Å². The van der Waals surface area contributed by atoms with Crippen molar-refractivity contribution in [1.29, 1.82) is 0 Å². The molecule has 0 atom stereocenters. The summed E-state index contributed by atoms with van der Waals surface area (Å²) in [4.78, 5) is 0. The van der Waals surface area contributed by atoms with E-state index < -0.39 is 35.4 Å². The third-order valence-electron chi connectivity index (χ3n) is 7.15. The Balaban J connectivity index is 1.47. The van der Waals surface area contributed by atoms with Crippen LogP contribution in [0, 0.1) is 41.2 Å². The SMILES string of the molecule is Fc1cc2cc(OC(F)(F)C3CCC(C4CCCCC4)CC3)ccc2c(F)c1C#CC(F)(F)F. The molecule has 0 N–H and O–H groups in total. The Morgan fingerprint density at radius 2 is 1.44 bits per heavy atom. The molecule has 0 aliphatic heterocycles. The lowest BCUT2D eigenvalue weighted by molar-refractivity contribution is -0.224. The summed E-state index contributed by atoms with van der Waals surface area (Å²) in [6.07, 6.45) is -0.141. The molecule has 0 radical (unpaired) electrons. The van der Waals surface area contributed by atoms with E-state index >= 15 is 0 Å². The van der Waals surface area contributed by atoms with Gasteiger partial charge in [0.25, 0.3) is 0 Å². The van der Waals surface area contributed by atoms with Crippen molar-refractivity contribution in [2.24, 2.45) is 17.8 Å². The summed E-state index contributed by atoms with van der Waals surface area (Å²) in [5.74, 6) is -0.412. The Kier molecular flexibility index (Phi) is 7.02. The van der Waals surface area contributed by atoms with E-state index in [-0.39, 0.29) is 16.5 Å². The third-order valence-corrected chi connectivity index (χ3v) is 7.15. The molecular weight excluding hydrogens is 461 g/mol. The molecule has 0 spiro atoms. The van der Waals surface area contributed by atoms with Crippen molar-refractivity contribution in [3.63, 3.8) is 0 Å². The molecule has 2 aliphatic rings. The summed E-state index contributed by atoms with van der Waals surface area (Å²) in [7, 11) is 0. The van der Waals surface area contributed by atoms with Crippen LogP contribution in [0.4, 0.5) is 30.7 Å². The van der Waals surface area contributed by atoms with Gasteiger partial charge in [0.1, 0.15) is 17.4 Å². The number of alkyl halides is 5. The van der Waals surface area contributed by atoms with Gasteiger partial charge in [-0.3, -0.25) is 0 Å². The average Bonchev–Trinajstić information content (AvgIpc) is 2.78. The van der Waals surface area contributed by atoms with Crippen LogP contribution in [0.5, 0.6) is 5.75 Å². The molecule has 2 aliphatic carbocycles. The molecule has 0 aromatic heterocycles. The lowest BCUT2D eigenvalue weighted by Crippen LogP contribution is -2.38. The van der Waals surface area contributed by atoms with Crippen molar-refractivity contribution in [2.75, 3.05) is 0 Å². The van der Waals surface area contributed by atoms with E-state index in [1.807, 2.05) is 0 Å². The molecule has 8 heteroatoms. The largest absolute Gasteiger partial charge is 0.458 e. The van der Waals surface area contributed by atoms with E-state index in [1.54, 1.807) is 0 Å². The molecule has 0 heterocycles. The third kappa shape index (κ3) is 5.61. The summed E-state index contributed by atoms with van der Waals surface area (Å²) < 4.78 is 100. The van der Waals surface area contributed by atoms with Crippen LogP contribution in [0.2, 0.25) is 0 Å². The Morgan fingerprint density at radius 1 is 0.794 bits per heavy atom. The highest BCUT2D eigenvalue weighted by Gasteiger charge is 2.45. The van der Waals surface area contributed by atoms with Gasteiger partial charge in [0.05, 0.1) is 11.5 Å². The minimum absolute atomic E-state index is 0.109. The first kappa shape index (κ1) is 24.7. The van der Waals surface area contributed by atoms with Gasteiger partial charge >= 0.3 is 12.3 Å². The van der Waals surface area contributed by atoms with Gasteiger partial charge in [-0.25, -0.2) is 8.78 Å². The van der Waals surface area contributed by atoms with Gasteiger partial charge in [0.2, 0.25) is 0 Å². The van der Waals surface area contributed by atoms with Crippen LogP contribution in [0.15, 0.2) is 24.3 Å². The minimum atomic E-state index is -4.91. The Bertz CT molecular complexity index is 1080. The highest BCUT2D eigenvalue weighted by molar-refractivity contribution is 5.86. The fourth-order valence-electron chi connectivity index (χ4n) is 5.39. The highest BCUT2D eigenvalue weighted by atomic mass is 19.4. The maximum atomic E-state index is 14.9. The van der Waals surface area contributed by atoms with Gasteiger partial charge in [-0.15, -0.1) is 0 Å². The predicted octanol–water partition coefficient (Wildman–Crippen LogP) is 8.39. The second kappa shape index (κ2) is 9.67. The molecule has 0 bridgehead atoms. The van der Waals surface area contributed by atoms with Gasteiger partial charge in [0.15, 0.2) is 0 Å². The Labute approximate surface area is 193 Å². The van der Waals surface area contributed by atoms with Crippen LogP contribution in [0.1, 0.15) is 63.4 Å². The second-order valence-corrected chi connectivity index (χ2v) is 9.35. The summed E-state index contributed by atoms with van der Waals surface area (Å²) in [5.41, 5.74) is -1.03. The smallest absolute Gasteiger partial charge is 0.432 e. The van der Waals surface area contributed by atoms with Gasteiger partial charge in [-0.05, 0) is 67.2 Å². The van der Waals surface area contributed by atoms with Crippen LogP contribution >= 0.6 is 0 Å². The topological polar surface area (TPSA) is 9.23 Å². The lowest BCUT2D eigenvalue weighted by atomic mass is 9.71. The maximum Gasteiger partial charge on any atom is 0.458 e. The number of benzene rings is 2. The fourth-order valence-corrected chi connectivity index (χ4v) is 5.39. The lowest BCUT2D eigenvalue weighted by Gasteiger charge is -2.37. The van der Waals surface area contributed by atoms with Crippen molar-refractivity contribution in [1.82, 2.24) is 0 Å². The summed E-state index contributed by atoms with van der Waals surface area (Å²) in [5, 5.41) is -0.349. The molecule has 2 aromatic carbocycles. The molecule has 2 saturated carbocycles. The highest BCUT2D eigenvalue weighted by Crippen LogP contribution is 2.45. The van der Waals surface area contributed by atoms with Crippen molar-refractivity contribution < 1.29 is 35.5 Å². The van der Waals surface area contributed by atoms with Gasteiger partial charge < -0.3 is 4.74 Å². The van der Waals surface area contributed by atoms with Crippen LogP contribution < -0.4 is 4.74 Å². The van der Waals surface area contributed by atoms with Crippen molar-refractivity contribution in [3.8, 4) is 17.6 Å². The van der Waals surface area contributed by atoms with E-state index in [0.29, 0.717) is 24.7 Å². The summed E-state index contributed by atoms with van der Waals surface area (Å²) in [6, 6.07) is 4.00. The molecule has 4 rings (SSSR count). The number of hydrogen-bond acceptors (Lipinski definition) is 1. The number of rotatable bonds is 4. The van der Waals surface area contributed by atoms with Crippen LogP contribution in [0.25, 0.3) is 10.8 Å². The standard InChI is InChI=1S/C26H25F7O/c27-23-15-18-14-20(10-11-21(18)24(28)22(23)12-13-25(29,30)31)34-26(32,33)19-8-6-17(7-9-19)16-4-2-1-3-5-16/h10-11,14-17,19H,1-9H2. The number of ether oxygens (including phenoxy) is 1. The molecule has 2 aromatic rings. The van der Waals surface area contributed by atoms with Gasteiger partial charge in [-0.2, -0.15) is 22.0 Å². The zero-order valence-electron chi connectivity index (χ0n) is 18.5. The van der Waals surface area contributed by atoms with Crippen molar-refractivity contribution >= 4 is 10.8 Å². The van der Waals surface area contributed by atoms with Crippen LogP contribution in [0.3, 0.4) is 0 Å². The van der Waals surface area contributed by atoms with E-state index in [9.17, 15) is 30.7 Å². The van der Waals surface area contributed by atoms with Gasteiger partial charge in [0, 0.05) is 11.3 Å². The summed E-state index contributed by atoms with van der Waals surface area (Å²) >= 11 is 0. The first-order chi connectivity index (χ1) is 16.0. The molecule has 2 fully saturated rings. The molecule has 0 saturated heterocycles. The fraction of sp³-hybridized carbons (Fsp3) is 0.538. The van der Waals surface area contributed by atoms with Crippen LogP contribution in [-0.2, 0) is 0 Å². The molecule has 34 heavy (non-hydrogen) atoms. The molecule has 0 amide bonds. The number of fused-ring (bicyclic) bond motifs is 1. The number of hydrogen-bond donors (Lipinski definition) is 0. The normalized spacial score (nSPS) is 22.3. The minimum Gasteiger partial charge on any atom is -0.432 e. The predicted molar refractivity (Wildman–Crippen MR) is 114 cm³/mol. The van der Waals surface area contributed by atoms with Crippen LogP contribution in [-0.4, -0.2) is 12.3 Å². The van der Waals surface area contributed by atoms with E-state index in [0.717, 1.165) is 43.0 Å². The maximum absolute atomic E-state index is 14.9. The monoisotopic (exact) mass is 486 g/mol. The Morgan fingerprint density at radius 3 is 2.09 bits per heavy atom. The second-order valence-electron chi connectivity index (χ2n) is 9.35.